The lowest BCUT2D eigenvalue weighted by atomic mass is 10.0. The van der Waals surface area contributed by atoms with E-state index in [1.165, 1.54) is 10.1 Å². The Labute approximate surface area is 110 Å². The van der Waals surface area contributed by atoms with Gasteiger partial charge < -0.3 is 10.8 Å². The van der Waals surface area contributed by atoms with Crippen LogP contribution in [0.25, 0.3) is 10.1 Å². The number of halogens is 1. The van der Waals surface area contributed by atoms with Crippen molar-refractivity contribution in [3.63, 3.8) is 0 Å². The van der Waals surface area contributed by atoms with Gasteiger partial charge in [-0.2, -0.15) is 0 Å². The molecule has 2 aromatic rings. The molecular weight excluding hydrogens is 258 g/mol. The van der Waals surface area contributed by atoms with Gasteiger partial charge in [0, 0.05) is 10.7 Å². The Bertz CT molecular complexity index is 512. The van der Waals surface area contributed by atoms with Crippen molar-refractivity contribution in [1.29, 1.82) is 0 Å². The van der Waals surface area contributed by atoms with Crippen LogP contribution in [0.1, 0.15) is 12.0 Å². The Hall–Kier alpha value is -1.10. The summed E-state index contributed by atoms with van der Waals surface area (Å²) in [5, 5.41) is 11.9. The van der Waals surface area contributed by atoms with E-state index in [4.69, 9.17) is 10.8 Å². The molecule has 0 aliphatic heterocycles. The number of aliphatic carboxylic acids is 1. The topological polar surface area (TPSA) is 63.3 Å². The first-order valence-corrected chi connectivity index (χ1v) is 5.97. The summed E-state index contributed by atoms with van der Waals surface area (Å²) in [5.74, 6) is -0.841. The van der Waals surface area contributed by atoms with Gasteiger partial charge in [-0.05, 0) is 28.8 Å². The van der Waals surface area contributed by atoms with Crippen LogP contribution in [0.2, 0.25) is 0 Å². The van der Waals surface area contributed by atoms with E-state index < -0.39 is 5.97 Å². The predicted molar refractivity (Wildman–Crippen MR) is 73.0 cm³/mol. The van der Waals surface area contributed by atoms with Crippen LogP contribution >= 0.6 is 23.7 Å². The molecule has 0 saturated heterocycles. The van der Waals surface area contributed by atoms with Gasteiger partial charge >= 0.3 is 5.97 Å². The standard InChI is InChI=1S/C12H13NO2S.ClH/c13-9(6-12(14)15)5-8-7-16-11-4-2-1-3-10(8)11;/h1-4,7,9H,5-6,13H2,(H,14,15);1H. The normalized spacial score (nSPS) is 12.1. The summed E-state index contributed by atoms with van der Waals surface area (Å²) in [5.41, 5.74) is 6.93. The molecular formula is C12H14ClNO2S. The van der Waals surface area contributed by atoms with Crippen LogP contribution in [0.4, 0.5) is 0 Å². The number of carboxylic acids is 1. The van der Waals surface area contributed by atoms with Crippen LogP contribution in [0, 0.1) is 0 Å². The summed E-state index contributed by atoms with van der Waals surface area (Å²) in [4.78, 5) is 10.5. The Morgan fingerprint density at radius 1 is 1.41 bits per heavy atom. The Morgan fingerprint density at radius 2 is 2.12 bits per heavy atom. The number of fused-ring (bicyclic) bond motifs is 1. The van der Waals surface area contributed by atoms with E-state index in [0.717, 1.165) is 5.56 Å². The molecule has 0 bridgehead atoms. The molecule has 0 fully saturated rings. The van der Waals surface area contributed by atoms with Gasteiger partial charge in [-0.25, -0.2) is 0 Å². The molecule has 1 aromatic heterocycles. The highest BCUT2D eigenvalue weighted by Gasteiger charge is 2.11. The third-order valence-electron chi connectivity index (χ3n) is 2.48. The van der Waals surface area contributed by atoms with E-state index >= 15 is 0 Å². The Balaban J connectivity index is 0.00000144. The Kier molecular flexibility index (Phi) is 4.93. The lowest BCUT2D eigenvalue weighted by molar-refractivity contribution is -0.137. The molecule has 17 heavy (non-hydrogen) atoms. The summed E-state index contributed by atoms with van der Waals surface area (Å²) in [6.45, 7) is 0. The third-order valence-corrected chi connectivity index (χ3v) is 3.49. The van der Waals surface area contributed by atoms with Gasteiger partial charge in [-0.1, -0.05) is 18.2 Å². The molecule has 1 unspecified atom stereocenters. The van der Waals surface area contributed by atoms with Crippen LogP contribution in [0.5, 0.6) is 0 Å². The van der Waals surface area contributed by atoms with Gasteiger partial charge in [0.2, 0.25) is 0 Å². The van der Waals surface area contributed by atoms with Gasteiger partial charge in [0.1, 0.15) is 0 Å². The summed E-state index contributed by atoms with van der Waals surface area (Å²) in [7, 11) is 0. The highest BCUT2D eigenvalue weighted by molar-refractivity contribution is 7.17. The van der Waals surface area contributed by atoms with Crippen LogP contribution in [0.3, 0.4) is 0 Å². The summed E-state index contributed by atoms with van der Waals surface area (Å²) in [6, 6.07) is 7.79. The lowest BCUT2D eigenvalue weighted by Gasteiger charge is -2.07. The molecule has 0 saturated carbocycles. The first-order valence-electron chi connectivity index (χ1n) is 5.09. The van der Waals surface area contributed by atoms with Gasteiger partial charge in [0.15, 0.2) is 0 Å². The SMILES string of the molecule is Cl.NC(CC(=O)O)Cc1csc2ccccc12. The van der Waals surface area contributed by atoms with E-state index in [-0.39, 0.29) is 24.9 Å². The molecule has 0 aliphatic carbocycles. The zero-order chi connectivity index (χ0) is 11.5. The van der Waals surface area contributed by atoms with Crippen LogP contribution in [0.15, 0.2) is 29.6 Å². The molecule has 92 valence electrons. The monoisotopic (exact) mass is 271 g/mol. The molecule has 1 aromatic carbocycles. The molecule has 3 N–H and O–H groups in total. The third kappa shape index (κ3) is 3.43. The van der Waals surface area contributed by atoms with E-state index in [1.54, 1.807) is 11.3 Å². The molecule has 1 atom stereocenters. The zero-order valence-electron chi connectivity index (χ0n) is 9.13. The number of benzene rings is 1. The fourth-order valence-electron chi connectivity index (χ4n) is 1.77. The molecule has 3 nitrogen and oxygen atoms in total. The van der Waals surface area contributed by atoms with Crippen LogP contribution < -0.4 is 5.73 Å². The lowest BCUT2D eigenvalue weighted by Crippen LogP contribution is -2.25. The summed E-state index contributed by atoms with van der Waals surface area (Å²) in [6.07, 6.45) is 0.639. The van der Waals surface area contributed by atoms with Crippen molar-refractivity contribution >= 4 is 39.8 Å². The number of carboxylic acid groups (broad SMARTS) is 1. The smallest absolute Gasteiger partial charge is 0.304 e. The van der Waals surface area contributed by atoms with Crippen molar-refractivity contribution in [3.8, 4) is 0 Å². The van der Waals surface area contributed by atoms with Crippen molar-refractivity contribution in [1.82, 2.24) is 0 Å². The highest BCUT2D eigenvalue weighted by atomic mass is 35.5. The second-order valence-corrected chi connectivity index (χ2v) is 4.73. The van der Waals surface area contributed by atoms with E-state index in [0.29, 0.717) is 6.42 Å². The minimum Gasteiger partial charge on any atom is -0.481 e. The maximum Gasteiger partial charge on any atom is 0.304 e. The maximum absolute atomic E-state index is 10.5. The van der Waals surface area contributed by atoms with Gasteiger partial charge in [0.25, 0.3) is 0 Å². The van der Waals surface area contributed by atoms with Gasteiger partial charge in [-0.15, -0.1) is 23.7 Å². The average molecular weight is 272 g/mol. The largest absolute Gasteiger partial charge is 0.481 e. The van der Waals surface area contributed by atoms with Gasteiger partial charge in [-0.3, -0.25) is 4.79 Å². The second-order valence-electron chi connectivity index (χ2n) is 3.82. The second kappa shape index (κ2) is 6.00. The maximum atomic E-state index is 10.5. The minimum atomic E-state index is -0.841. The van der Waals surface area contributed by atoms with Gasteiger partial charge in [0.05, 0.1) is 6.42 Å². The minimum absolute atomic E-state index is 0. The van der Waals surface area contributed by atoms with Crippen molar-refractivity contribution in [3.05, 3.63) is 35.2 Å². The molecule has 5 heteroatoms. The quantitative estimate of drug-likeness (QED) is 0.899. The van der Waals surface area contributed by atoms with Crippen LogP contribution in [-0.2, 0) is 11.2 Å². The summed E-state index contributed by atoms with van der Waals surface area (Å²) >= 11 is 1.67. The van der Waals surface area contributed by atoms with Crippen molar-refractivity contribution < 1.29 is 9.90 Å². The Morgan fingerprint density at radius 3 is 2.82 bits per heavy atom. The fraction of sp³-hybridized carbons (Fsp3) is 0.250. The van der Waals surface area contributed by atoms with E-state index in [9.17, 15) is 4.79 Å². The molecule has 0 aliphatic rings. The van der Waals surface area contributed by atoms with E-state index in [1.807, 2.05) is 12.1 Å². The predicted octanol–water partition coefficient (Wildman–Crippen LogP) is 2.67. The molecule has 0 radical (unpaired) electrons. The number of rotatable bonds is 4. The molecule has 0 amide bonds. The molecule has 1 heterocycles. The summed E-state index contributed by atoms with van der Waals surface area (Å²) < 4.78 is 1.22. The first kappa shape index (κ1) is 14.0. The van der Waals surface area contributed by atoms with Crippen molar-refractivity contribution in [2.75, 3.05) is 0 Å². The average Bonchev–Trinajstić information content (AvgIpc) is 2.61. The molecule has 2 rings (SSSR count). The van der Waals surface area contributed by atoms with Crippen molar-refractivity contribution in [2.24, 2.45) is 5.73 Å². The first-order chi connectivity index (χ1) is 7.66. The number of nitrogens with two attached hydrogens (primary N) is 1. The zero-order valence-corrected chi connectivity index (χ0v) is 10.8. The van der Waals surface area contributed by atoms with Crippen molar-refractivity contribution in [2.45, 2.75) is 18.9 Å². The van der Waals surface area contributed by atoms with E-state index in [2.05, 4.69) is 17.5 Å². The fourth-order valence-corrected chi connectivity index (χ4v) is 2.75. The number of carbonyl (C=O) groups is 1. The molecule has 0 spiro atoms. The van der Waals surface area contributed by atoms with Crippen LogP contribution in [-0.4, -0.2) is 17.1 Å². The number of thiophene rings is 1. The number of hydrogen-bond donors (Lipinski definition) is 2. The highest BCUT2D eigenvalue weighted by Crippen LogP contribution is 2.26. The number of hydrogen-bond acceptors (Lipinski definition) is 3.